The minimum absolute atomic E-state index is 0.728. The molecule has 14 heavy (non-hydrogen) atoms. The SMILES string of the molecule is Cc1cccnc1CNC1CC(C)C1. The highest BCUT2D eigenvalue weighted by Gasteiger charge is 2.24. The Kier molecular flexibility index (Phi) is 2.82. The van der Waals surface area contributed by atoms with Gasteiger partial charge in [0.15, 0.2) is 0 Å². The van der Waals surface area contributed by atoms with Crippen molar-refractivity contribution >= 4 is 0 Å². The third-order valence-electron chi connectivity index (χ3n) is 3.05. The molecular weight excluding hydrogens is 172 g/mol. The Hall–Kier alpha value is -0.890. The highest BCUT2D eigenvalue weighted by Crippen LogP contribution is 2.26. The lowest BCUT2D eigenvalue weighted by Gasteiger charge is -2.33. The van der Waals surface area contributed by atoms with Gasteiger partial charge in [-0.1, -0.05) is 13.0 Å². The van der Waals surface area contributed by atoms with Crippen LogP contribution in [0.4, 0.5) is 0 Å². The number of nitrogens with one attached hydrogen (secondary N) is 1. The number of hydrogen-bond donors (Lipinski definition) is 1. The van der Waals surface area contributed by atoms with E-state index in [1.807, 2.05) is 12.3 Å². The van der Waals surface area contributed by atoms with Gasteiger partial charge in [0.1, 0.15) is 0 Å². The Morgan fingerprint density at radius 2 is 2.29 bits per heavy atom. The van der Waals surface area contributed by atoms with Crippen molar-refractivity contribution in [3.63, 3.8) is 0 Å². The zero-order valence-electron chi connectivity index (χ0n) is 8.96. The molecule has 1 aliphatic carbocycles. The quantitative estimate of drug-likeness (QED) is 0.791. The normalized spacial score (nSPS) is 25.9. The summed E-state index contributed by atoms with van der Waals surface area (Å²) in [6.45, 7) is 5.35. The zero-order valence-corrected chi connectivity index (χ0v) is 8.96. The first-order valence-corrected chi connectivity index (χ1v) is 5.39. The minimum atomic E-state index is 0.728. The van der Waals surface area contributed by atoms with E-state index in [2.05, 4.69) is 30.2 Å². The first-order chi connectivity index (χ1) is 6.75. The van der Waals surface area contributed by atoms with Crippen LogP contribution < -0.4 is 5.32 Å². The van der Waals surface area contributed by atoms with Crippen molar-refractivity contribution in [2.45, 2.75) is 39.3 Å². The van der Waals surface area contributed by atoms with Gasteiger partial charge in [0.05, 0.1) is 5.69 Å². The predicted molar refractivity (Wildman–Crippen MR) is 58.0 cm³/mol. The van der Waals surface area contributed by atoms with Crippen LogP contribution in [0, 0.1) is 12.8 Å². The summed E-state index contributed by atoms with van der Waals surface area (Å²) in [6, 6.07) is 4.84. The van der Waals surface area contributed by atoms with E-state index >= 15 is 0 Å². The maximum atomic E-state index is 4.37. The number of nitrogens with zero attached hydrogens (tertiary/aromatic N) is 1. The molecule has 0 radical (unpaired) electrons. The summed E-state index contributed by atoms with van der Waals surface area (Å²) in [6.07, 6.45) is 4.52. The van der Waals surface area contributed by atoms with E-state index in [1.54, 1.807) is 0 Å². The topological polar surface area (TPSA) is 24.9 Å². The number of aryl methyl sites for hydroxylation is 1. The highest BCUT2D eigenvalue weighted by molar-refractivity contribution is 5.17. The molecule has 1 heterocycles. The van der Waals surface area contributed by atoms with Crippen molar-refractivity contribution in [1.29, 1.82) is 0 Å². The van der Waals surface area contributed by atoms with E-state index in [0.29, 0.717) is 0 Å². The molecular formula is C12H18N2. The minimum Gasteiger partial charge on any atom is -0.308 e. The molecule has 1 aliphatic rings. The highest BCUT2D eigenvalue weighted by atomic mass is 14.9. The van der Waals surface area contributed by atoms with Crippen LogP contribution in [0.25, 0.3) is 0 Å². The van der Waals surface area contributed by atoms with Crippen molar-refractivity contribution in [1.82, 2.24) is 10.3 Å². The van der Waals surface area contributed by atoms with Crippen molar-refractivity contribution in [3.05, 3.63) is 29.6 Å². The van der Waals surface area contributed by atoms with Crippen LogP contribution >= 0.6 is 0 Å². The Balaban J connectivity index is 1.83. The number of aromatic nitrogens is 1. The van der Waals surface area contributed by atoms with Crippen LogP contribution in [0.5, 0.6) is 0 Å². The molecule has 1 aromatic rings. The average molecular weight is 190 g/mol. The molecule has 0 aliphatic heterocycles. The molecule has 1 saturated carbocycles. The maximum absolute atomic E-state index is 4.37. The summed E-state index contributed by atoms with van der Waals surface area (Å²) >= 11 is 0. The van der Waals surface area contributed by atoms with Gasteiger partial charge in [-0.05, 0) is 37.3 Å². The molecule has 0 spiro atoms. The van der Waals surface area contributed by atoms with Crippen LogP contribution in [0.15, 0.2) is 18.3 Å². The largest absolute Gasteiger partial charge is 0.308 e. The lowest BCUT2D eigenvalue weighted by Crippen LogP contribution is -2.39. The van der Waals surface area contributed by atoms with Gasteiger partial charge >= 0.3 is 0 Å². The molecule has 2 rings (SSSR count). The fraction of sp³-hybridized carbons (Fsp3) is 0.583. The third kappa shape index (κ3) is 2.13. The fourth-order valence-electron chi connectivity index (χ4n) is 2.01. The predicted octanol–water partition coefficient (Wildman–Crippen LogP) is 2.28. The molecule has 0 saturated heterocycles. The molecule has 1 fully saturated rings. The fourth-order valence-corrected chi connectivity index (χ4v) is 2.01. The van der Waals surface area contributed by atoms with E-state index in [4.69, 9.17) is 0 Å². The van der Waals surface area contributed by atoms with Crippen molar-refractivity contribution < 1.29 is 0 Å². The smallest absolute Gasteiger partial charge is 0.0570 e. The standard InChI is InChI=1S/C12H18N2/c1-9-6-11(7-9)14-8-12-10(2)4-3-5-13-12/h3-5,9,11,14H,6-8H2,1-2H3. The van der Waals surface area contributed by atoms with Crippen LogP contribution in [-0.2, 0) is 6.54 Å². The van der Waals surface area contributed by atoms with Gasteiger partial charge in [-0.25, -0.2) is 0 Å². The van der Waals surface area contributed by atoms with E-state index in [-0.39, 0.29) is 0 Å². The maximum Gasteiger partial charge on any atom is 0.0570 e. The van der Waals surface area contributed by atoms with Gasteiger partial charge in [0, 0.05) is 18.8 Å². The molecule has 1 N–H and O–H groups in total. The van der Waals surface area contributed by atoms with Crippen LogP contribution in [0.1, 0.15) is 31.0 Å². The van der Waals surface area contributed by atoms with Gasteiger partial charge in [0.2, 0.25) is 0 Å². The average Bonchev–Trinajstić information content (AvgIpc) is 2.13. The van der Waals surface area contributed by atoms with E-state index in [9.17, 15) is 0 Å². The second-order valence-corrected chi connectivity index (χ2v) is 4.42. The van der Waals surface area contributed by atoms with Crippen LogP contribution in [0.3, 0.4) is 0 Å². The first-order valence-electron chi connectivity index (χ1n) is 5.39. The summed E-state index contributed by atoms with van der Waals surface area (Å²) in [4.78, 5) is 4.37. The van der Waals surface area contributed by atoms with Gasteiger partial charge in [-0.2, -0.15) is 0 Å². The van der Waals surface area contributed by atoms with Crippen LogP contribution in [-0.4, -0.2) is 11.0 Å². The summed E-state index contributed by atoms with van der Waals surface area (Å²) in [7, 11) is 0. The zero-order chi connectivity index (χ0) is 9.97. The monoisotopic (exact) mass is 190 g/mol. The van der Waals surface area contributed by atoms with Crippen molar-refractivity contribution in [3.8, 4) is 0 Å². The number of pyridine rings is 1. The van der Waals surface area contributed by atoms with Gasteiger partial charge in [-0.15, -0.1) is 0 Å². The summed E-state index contributed by atoms with van der Waals surface area (Å²) in [5.74, 6) is 0.914. The number of hydrogen-bond acceptors (Lipinski definition) is 2. The summed E-state index contributed by atoms with van der Waals surface area (Å²) in [5.41, 5.74) is 2.47. The lowest BCUT2D eigenvalue weighted by molar-refractivity contribution is 0.239. The van der Waals surface area contributed by atoms with Crippen molar-refractivity contribution in [2.75, 3.05) is 0 Å². The second-order valence-electron chi connectivity index (χ2n) is 4.42. The van der Waals surface area contributed by atoms with E-state index in [1.165, 1.54) is 24.1 Å². The molecule has 1 aromatic heterocycles. The van der Waals surface area contributed by atoms with Crippen molar-refractivity contribution in [2.24, 2.45) is 5.92 Å². The number of rotatable bonds is 3. The molecule has 76 valence electrons. The molecule has 0 amide bonds. The molecule has 0 aromatic carbocycles. The van der Waals surface area contributed by atoms with Gasteiger partial charge < -0.3 is 5.32 Å². The Morgan fingerprint density at radius 3 is 2.93 bits per heavy atom. The van der Waals surface area contributed by atoms with Gasteiger partial charge in [-0.3, -0.25) is 4.98 Å². The second kappa shape index (κ2) is 4.09. The van der Waals surface area contributed by atoms with E-state index < -0.39 is 0 Å². The molecule has 0 atom stereocenters. The lowest BCUT2D eigenvalue weighted by atomic mass is 9.82. The molecule has 2 nitrogen and oxygen atoms in total. The molecule has 0 unspecified atom stereocenters. The third-order valence-corrected chi connectivity index (χ3v) is 3.05. The Morgan fingerprint density at radius 1 is 1.50 bits per heavy atom. The Labute approximate surface area is 85.7 Å². The Bertz CT molecular complexity index is 303. The first kappa shape index (κ1) is 9.66. The summed E-state index contributed by atoms with van der Waals surface area (Å²) in [5, 5.41) is 3.54. The molecule has 0 bridgehead atoms. The van der Waals surface area contributed by atoms with Crippen LogP contribution in [0.2, 0.25) is 0 Å². The van der Waals surface area contributed by atoms with Gasteiger partial charge in [0.25, 0.3) is 0 Å². The molecule has 2 heteroatoms. The van der Waals surface area contributed by atoms with E-state index in [0.717, 1.165) is 18.5 Å². The summed E-state index contributed by atoms with van der Waals surface area (Å²) < 4.78 is 0.